The molecule has 8 nitrogen and oxygen atoms in total. The van der Waals surface area contributed by atoms with E-state index in [-0.39, 0.29) is 11.3 Å². The zero-order valence-electron chi connectivity index (χ0n) is 40.7. The third-order valence-electron chi connectivity index (χ3n) is 17.9. The molecule has 0 saturated heterocycles. The second-order valence-electron chi connectivity index (χ2n) is 22.3. The number of nitrogens with two attached hydrogens (primary N) is 4. The van der Waals surface area contributed by atoms with Crippen LogP contribution in [-0.4, -0.2) is 31.8 Å². The van der Waals surface area contributed by atoms with Crippen molar-refractivity contribution in [3.63, 3.8) is 0 Å². The highest BCUT2D eigenvalue weighted by Crippen LogP contribution is 2.48. The minimum atomic E-state index is -1.32. The number of nitrogens with zero attached hydrogens (tertiary/aromatic N) is 2. The quantitative estimate of drug-likeness (QED) is 0.152. The van der Waals surface area contributed by atoms with E-state index < -0.39 is 5.66 Å². The van der Waals surface area contributed by atoms with Gasteiger partial charge >= 0.3 is 0 Å². The van der Waals surface area contributed by atoms with Crippen molar-refractivity contribution in [1.29, 1.82) is 0 Å². The first kappa shape index (κ1) is 55.1. The Kier molecular flexibility index (Phi) is 25.2. The Morgan fingerprint density at radius 3 is 0.914 bits per heavy atom. The molecule has 58 heavy (non-hydrogen) atoms. The summed E-state index contributed by atoms with van der Waals surface area (Å²) in [6.45, 7) is 28.3. The SMILES string of the molecule is CC(C)C1(C)CCCCC1.CC(C)C1(C)CCCCC1.CC(C)C1(C)CCCCC1.CC(CN)C1(CN)CCCC(N=O)(N=O)C1.CC(CN)C1(CN)CCCCC1. The molecule has 0 aromatic rings. The maximum atomic E-state index is 10.8. The van der Waals surface area contributed by atoms with Crippen molar-refractivity contribution >= 4 is 0 Å². The number of nitroso groups, excluding NO2 is 2. The zero-order chi connectivity index (χ0) is 44.1. The third-order valence-corrected chi connectivity index (χ3v) is 17.9. The van der Waals surface area contributed by atoms with E-state index in [9.17, 15) is 9.81 Å². The lowest BCUT2D eigenvalue weighted by Gasteiger charge is -2.44. The lowest BCUT2D eigenvalue weighted by molar-refractivity contribution is 0.0716. The van der Waals surface area contributed by atoms with Gasteiger partial charge in [-0.05, 0) is 164 Å². The monoisotopic (exact) mass is 819 g/mol. The summed E-state index contributed by atoms with van der Waals surface area (Å²) in [5.74, 6) is 3.41. The van der Waals surface area contributed by atoms with E-state index in [1.165, 1.54) is 128 Å². The van der Waals surface area contributed by atoms with Gasteiger partial charge < -0.3 is 22.9 Å². The highest BCUT2D eigenvalue weighted by molar-refractivity contribution is 5.01. The molecule has 5 rings (SSSR count). The minimum Gasteiger partial charge on any atom is -0.330 e. The molecule has 0 aromatic heterocycles. The first-order valence-corrected chi connectivity index (χ1v) is 24.8. The summed E-state index contributed by atoms with van der Waals surface area (Å²) in [4.78, 5) is 21.6. The molecule has 3 atom stereocenters. The molecule has 0 radical (unpaired) electrons. The predicted octanol–water partition coefficient (Wildman–Crippen LogP) is 13.7. The minimum absolute atomic E-state index is 0.167. The molecule has 0 aromatic carbocycles. The second-order valence-corrected chi connectivity index (χ2v) is 22.3. The van der Waals surface area contributed by atoms with E-state index in [0.29, 0.717) is 53.5 Å². The van der Waals surface area contributed by atoms with Crippen molar-refractivity contribution < 1.29 is 0 Å². The maximum Gasteiger partial charge on any atom is 0.233 e. The van der Waals surface area contributed by atoms with Crippen LogP contribution in [0.25, 0.3) is 0 Å². The van der Waals surface area contributed by atoms with Crippen LogP contribution in [-0.2, 0) is 0 Å². The van der Waals surface area contributed by atoms with E-state index in [2.05, 4.69) is 79.6 Å². The normalized spacial score (nSPS) is 26.7. The van der Waals surface area contributed by atoms with Crippen molar-refractivity contribution in [3.05, 3.63) is 9.81 Å². The van der Waals surface area contributed by atoms with Gasteiger partial charge in [-0.1, -0.05) is 153 Å². The van der Waals surface area contributed by atoms with Crippen molar-refractivity contribution in [2.45, 2.75) is 236 Å². The number of rotatable bonds is 11. The van der Waals surface area contributed by atoms with Crippen LogP contribution in [0.15, 0.2) is 10.4 Å². The van der Waals surface area contributed by atoms with Crippen LogP contribution in [0.4, 0.5) is 0 Å². The molecule has 8 N–H and O–H groups in total. The number of hydrogen-bond acceptors (Lipinski definition) is 8. The standard InChI is InChI=1S/C10H20N4O2.C10H22N2.3C10H20/c1-8(5-11)9(7-12)3-2-4-10(6-9,13-15)14-16;1-9(7-11)10(8-12)5-3-2-4-6-10;3*1-9(2)10(3)7-5-4-6-8-10/h8H,2-7,11-12H2,1H3;9H,2-8,11-12H2,1H3;3*9H,4-8H2,1-3H3. The topological polar surface area (TPSA) is 163 Å². The van der Waals surface area contributed by atoms with Crippen molar-refractivity contribution in [2.24, 2.45) is 90.0 Å². The molecule has 5 aliphatic carbocycles. The Morgan fingerprint density at radius 2 is 0.672 bits per heavy atom. The molecule has 344 valence electrons. The van der Waals surface area contributed by atoms with Gasteiger partial charge in [-0.2, -0.15) is 0 Å². The molecule has 0 amide bonds. The fourth-order valence-corrected chi connectivity index (χ4v) is 10.9. The smallest absolute Gasteiger partial charge is 0.233 e. The second kappa shape index (κ2) is 26.5. The van der Waals surface area contributed by atoms with E-state index in [1.807, 2.05) is 6.92 Å². The maximum absolute atomic E-state index is 10.8. The average Bonchev–Trinajstić information content (AvgIpc) is 3.24. The summed E-state index contributed by atoms with van der Waals surface area (Å²) >= 11 is 0. The van der Waals surface area contributed by atoms with Gasteiger partial charge in [-0.15, -0.1) is 9.81 Å². The van der Waals surface area contributed by atoms with Crippen molar-refractivity contribution in [3.8, 4) is 0 Å². The highest BCUT2D eigenvalue weighted by atomic mass is 16.3. The van der Waals surface area contributed by atoms with Crippen LogP contribution in [0.1, 0.15) is 230 Å². The molecule has 0 bridgehead atoms. The Bertz CT molecular complexity index is 1010. The molecule has 3 unspecified atom stereocenters. The van der Waals surface area contributed by atoms with Gasteiger partial charge in [0.1, 0.15) is 0 Å². The molecule has 0 spiro atoms. The number of hydrogen-bond donors (Lipinski definition) is 4. The van der Waals surface area contributed by atoms with Gasteiger partial charge in [0.05, 0.1) is 0 Å². The van der Waals surface area contributed by atoms with E-state index in [4.69, 9.17) is 22.9 Å². The summed E-state index contributed by atoms with van der Waals surface area (Å²) in [6.07, 6.45) is 31.1. The van der Waals surface area contributed by atoms with Crippen molar-refractivity contribution in [2.75, 3.05) is 26.2 Å². The Morgan fingerprint density at radius 1 is 0.397 bits per heavy atom. The van der Waals surface area contributed by atoms with Crippen LogP contribution < -0.4 is 22.9 Å². The molecular weight excluding hydrogens is 717 g/mol. The zero-order valence-corrected chi connectivity index (χ0v) is 40.7. The summed E-state index contributed by atoms with van der Waals surface area (Å²) < 4.78 is 0. The predicted molar refractivity (Wildman–Crippen MR) is 253 cm³/mol. The van der Waals surface area contributed by atoms with Gasteiger partial charge in [-0.3, -0.25) is 0 Å². The first-order chi connectivity index (χ1) is 27.3. The molecule has 8 heteroatoms. The molecule has 0 aliphatic heterocycles. The Hall–Kier alpha value is -0.960. The average molecular weight is 819 g/mol. The van der Waals surface area contributed by atoms with Gasteiger partial charge in [0.15, 0.2) is 0 Å². The fraction of sp³-hybridized carbons (Fsp3) is 1.00. The first-order valence-electron chi connectivity index (χ1n) is 24.8. The van der Waals surface area contributed by atoms with Gasteiger partial charge in [0.2, 0.25) is 5.66 Å². The highest BCUT2D eigenvalue weighted by Gasteiger charge is 2.49. The lowest BCUT2D eigenvalue weighted by atomic mass is 9.63. The van der Waals surface area contributed by atoms with Crippen LogP contribution in [0.2, 0.25) is 0 Å². The summed E-state index contributed by atoms with van der Waals surface area (Å²) in [5.41, 5.74) is 23.9. The Labute approximate surface area is 360 Å². The third kappa shape index (κ3) is 16.4. The molecule has 5 fully saturated rings. The largest absolute Gasteiger partial charge is 0.330 e. The summed E-state index contributed by atoms with van der Waals surface area (Å²) in [5, 5.41) is 5.86. The van der Waals surface area contributed by atoms with Crippen LogP contribution >= 0.6 is 0 Å². The van der Waals surface area contributed by atoms with Gasteiger partial charge in [0.25, 0.3) is 0 Å². The van der Waals surface area contributed by atoms with Crippen molar-refractivity contribution in [1.82, 2.24) is 0 Å². The van der Waals surface area contributed by atoms with E-state index in [0.717, 1.165) is 43.7 Å². The summed E-state index contributed by atoms with van der Waals surface area (Å²) in [7, 11) is 0. The van der Waals surface area contributed by atoms with Crippen LogP contribution in [0.5, 0.6) is 0 Å². The fourth-order valence-electron chi connectivity index (χ4n) is 10.9. The van der Waals surface area contributed by atoms with Crippen LogP contribution in [0, 0.1) is 66.5 Å². The van der Waals surface area contributed by atoms with Gasteiger partial charge in [0, 0.05) is 6.42 Å². The van der Waals surface area contributed by atoms with Crippen LogP contribution in [0.3, 0.4) is 0 Å². The molecular formula is C50H102N6O2. The lowest BCUT2D eigenvalue weighted by Crippen LogP contribution is -2.48. The summed E-state index contributed by atoms with van der Waals surface area (Å²) in [6, 6.07) is 0. The Balaban J connectivity index is 0.000000367. The van der Waals surface area contributed by atoms with E-state index >= 15 is 0 Å². The molecule has 5 saturated carbocycles. The molecule has 0 heterocycles. The molecule has 5 aliphatic rings. The van der Waals surface area contributed by atoms with Gasteiger partial charge in [-0.25, -0.2) is 0 Å². The van der Waals surface area contributed by atoms with E-state index in [1.54, 1.807) is 0 Å².